The van der Waals surface area contributed by atoms with Crippen LogP contribution in [0.5, 0.6) is 0 Å². The number of unbranched alkanes of at least 4 members (excludes halogenated alkanes) is 17. The molecule has 1 aliphatic rings. The van der Waals surface area contributed by atoms with Crippen molar-refractivity contribution in [2.24, 2.45) is 5.92 Å². The van der Waals surface area contributed by atoms with Crippen molar-refractivity contribution in [2.45, 2.75) is 211 Å². The summed E-state index contributed by atoms with van der Waals surface area (Å²) in [5.74, 6) is -1.57. The largest absolute Gasteiger partial charge is 0.472 e. The summed E-state index contributed by atoms with van der Waals surface area (Å²) in [6.45, 7) is 1.37. The van der Waals surface area contributed by atoms with Crippen molar-refractivity contribution < 1.29 is 81.6 Å². The summed E-state index contributed by atoms with van der Waals surface area (Å²) in [5.41, 5.74) is 0. The Hall–Kier alpha value is -1.56. The molecule has 370 valence electrons. The average Bonchev–Trinajstić information content (AvgIpc) is 3.22. The average molecular weight is 945 g/mol. The molecule has 0 aromatic carbocycles. The van der Waals surface area contributed by atoms with E-state index in [9.17, 15) is 44.0 Å². The molecule has 1 fully saturated rings. The van der Waals surface area contributed by atoms with Gasteiger partial charge in [0.25, 0.3) is 0 Å². The lowest BCUT2D eigenvalue weighted by Gasteiger charge is -2.36. The van der Waals surface area contributed by atoms with Gasteiger partial charge in [-0.05, 0) is 32.1 Å². The number of hydrogen-bond acceptors (Lipinski definition) is 14. The number of phosphoric ester groups is 2. The molecule has 2 unspecified atom stereocenters. The van der Waals surface area contributed by atoms with Crippen molar-refractivity contribution in [1.82, 2.24) is 0 Å². The predicted octanol–water partition coefficient (Wildman–Crippen LogP) is 8.01. The van der Waals surface area contributed by atoms with Gasteiger partial charge in [0.15, 0.2) is 12.4 Å². The van der Waals surface area contributed by atoms with Gasteiger partial charge in [0, 0.05) is 25.2 Å². The smallest absolute Gasteiger partial charge is 0.462 e. The highest BCUT2D eigenvalue weighted by Crippen LogP contribution is 2.44. The molecule has 1 aliphatic heterocycles. The summed E-state index contributed by atoms with van der Waals surface area (Å²) >= 11 is 0. The fraction of sp³-hybridized carbons (Fsp3) is 0.864. The number of aliphatic hydroxyl groups is 4. The number of hydrogen-bond donors (Lipinski definition) is 7. The highest BCUT2D eigenvalue weighted by atomic mass is 31.2. The Bertz CT molecular complexity index is 1330. The molecule has 0 aliphatic carbocycles. The van der Waals surface area contributed by atoms with E-state index in [2.05, 4.69) is 22.9 Å². The van der Waals surface area contributed by atoms with E-state index in [4.69, 9.17) is 28.5 Å². The molecule has 0 saturated carbocycles. The third kappa shape index (κ3) is 34.4. The van der Waals surface area contributed by atoms with Crippen LogP contribution in [-0.4, -0.2) is 110 Å². The summed E-state index contributed by atoms with van der Waals surface area (Å²) in [6, 6.07) is 0. The number of allylic oxidation sites excluding steroid dienone is 2. The standard InChI is InChI=1S/C44H82O17P2/c1-3-5-7-8-9-10-11-12-13-14-15-16-17-18-24-28-43(49)60-38(35-59-63(54,55)58-33-37(46)32-57-62(51,52)53)34-56-42(48)27-23-20-19-22-26-39-40(47)31-44(50)61-41(39)30-29-36(45)25-21-6-4-2/h19,22,29-30,36-41,44-47,50H,3-18,20-21,23-28,31-35H2,1-2H3,(H,54,55)(H2,51,52,53)/b22-19-,30-29+/t36-,37-,38+,39-,40-,41+,44?/m0/s1. The van der Waals surface area contributed by atoms with E-state index in [0.29, 0.717) is 32.1 Å². The van der Waals surface area contributed by atoms with Crippen LogP contribution in [0.15, 0.2) is 24.3 Å². The van der Waals surface area contributed by atoms with Crippen LogP contribution in [0.1, 0.15) is 174 Å². The molecule has 0 bridgehead atoms. The van der Waals surface area contributed by atoms with Crippen LogP contribution in [-0.2, 0) is 46.5 Å². The van der Waals surface area contributed by atoms with E-state index in [1.807, 2.05) is 12.2 Å². The van der Waals surface area contributed by atoms with Crippen LogP contribution in [0.2, 0.25) is 0 Å². The fourth-order valence-electron chi connectivity index (χ4n) is 6.98. The van der Waals surface area contributed by atoms with Crippen LogP contribution < -0.4 is 0 Å². The Morgan fingerprint density at radius 2 is 1.22 bits per heavy atom. The second-order valence-corrected chi connectivity index (χ2v) is 19.3. The van der Waals surface area contributed by atoms with Gasteiger partial charge in [0.1, 0.15) is 12.7 Å². The molecule has 0 spiro atoms. The highest BCUT2D eigenvalue weighted by molar-refractivity contribution is 7.47. The molecule has 19 heteroatoms. The third-order valence-corrected chi connectivity index (χ3v) is 12.1. The minimum absolute atomic E-state index is 0.00377. The number of rotatable bonds is 40. The van der Waals surface area contributed by atoms with Crippen LogP contribution in [0, 0.1) is 5.92 Å². The minimum Gasteiger partial charge on any atom is -0.462 e. The van der Waals surface area contributed by atoms with E-state index in [1.165, 1.54) is 64.2 Å². The monoisotopic (exact) mass is 945 g/mol. The number of carbonyl (C=O) groups excluding carboxylic acids is 2. The maximum absolute atomic E-state index is 12.7. The topological polar surface area (TPSA) is 265 Å². The van der Waals surface area contributed by atoms with Crippen molar-refractivity contribution in [3.63, 3.8) is 0 Å². The second kappa shape index (κ2) is 36.5. The zero-order valence-electron chi connectivity index (χ0n) is 38.0. The number of esters is 2. The van der Waals surface area contributed by atoms with Crippen LogP contribution in [0.25, 0.3) is 0 Å². The van der Waals surface area contributed by atoms with Crippen LogP contribution >= 0.6 is 15.6 Å². The predicted molar refractivity (Wildman–Crippen MR) is 238 cm³/mol. The molecule has 0 radical (unpaired) electrons. The lowest BCUT2D eigenvalue weighted by atomic mass is 9.87. The first-order chi connectivity index (χ1) is 30.0. The van der Waals surface area contributed by atoms with Gasteiger partial charge in [-0.2, -0.15) is 0 Å². The summed E-state index contributed by atoms with van der Waals surface area (Å²) in [7, 11) is -9.77. The van der Waals surface area contributed by atoms with E-state index in [1.54, 1.807) is 12.2 Å². The molecule has 63 heavy (non-hydrogen) atoms. The molecule has 0 amide bonds. The lowest BCUT2D eigenvalue weighted by molar-refractivity contribution is -0.199. The van der Waals surface area contributed by atoms with Crippen molar-refractivity contribution in [3.05, 3.63) is 24.3 Å². The first-order valence-corrected chi connectivity index (χ1v) is 26.5. The number of carbonyl (C=O) groups is 2. The van der Waals surface area contributed by atoms with E-state index < -0.39 is 90.8 Å². The van der Waals surface area contributed by atoms with Gasteiger partial charge in [-0.1, -0.05) is 147 Å². The van der Waals surface area contributed by atoms with E-state index >= 15 is 0 Å². The van der Waals surface area contributed by atoms with Crippen molar-refractivity contribution in [2.75, 3.05) is 26.4 Å². The van der Waals surface area contributed by atoms with Gasteiger partial charge >= 0.3 is 27.6 Å². The summed E-state index contributed by atoms with van der Waals surface area (Å²) in [4.78, 5) is 53.0. The molecule has 0 aromatic rings. The molecule has 1 saturated heterocycles. The zero-order valence-corrected chi connectivity index (χ0v) is 39.8. The fourth-order valence-corrected chi connectivity index (χ4v) is 8.13. The molecule has 7 N–H and O–H groups in total. The van der Waals surface area contributed by atoms with E-state index in [-0.39, 0.29) is 25.2 Å². The van der Waals surface area contributed by atoms with Gasteiger partial charge in [-0.25, -0.2) is 9.13 Å². The van der Waals surface area contributed by atoms with Crippen molar-refractivity contribution in [3.8, 4) is 0 Å². The third-order valence-electron chi connectivity index (χ3n) is 10.6. The maximum Gasteiger partial charge on any atom is 0.472 e. The maximum atomic E-state index is 12.7. The Morgan fingerprint density at radius 1 is 0.683 bits per heavy atom. The van der Waals surface area contributed by atoms with E-state index in [0.717, 1.165) is 44.9 Å². The lowest BCUT2D eigenvalue weighted by Crippen LogP contribution is -2.43. The van der Waals surface area contributed by atoms with Gasteiger partial charge in [0.2, 0.25) is 0 Å². The van der Waals surface area contributed by atoms with Crippen molar-refractivity contribution >= 4 is 27.6 Å². The Labute approximate surface area is 376 Å². The quantitative estimate of drug-likeness (QED) is 0.0133. The first-order valence-electron chi connectivity index (χ1n) is 23.4. The Morgan fingerprint density at radius 3 is 1.83 bits per heavy atom. The van der Waals surface area contributed by atoms with Crippen molar-refractivity contribution in [1.29, 1.82) is 0 Å². The van der Waals surface area contributed by atoms with Gasteiger partial charge in [-0.3, -0.25) is 23.2 Å². The second-order valence-electron chi connectivity index (χ2n) is 16.6. The van der Waals surface area contributed by atoms with Gasteiger partial charge in [-0.15, -0.1) is 0 Å². The van der Waals surface area contributed by atoms with Crippen LogP contribution in [0.4, 0.5) is 0 Å². The van der Waals surface area contributed by atoms with Gasteiger partial charge in [0.05, 0.1) is 38.1 Å². The van der Waals surface area contributed by atoms with Crippen LogP contribution in [0.3, 0.4) is 0 Å². The number of aliphatic hydroxyl groups excluding tert-OH is 4. The zero-order chi connectivity index (χ0) is 46.8. The Kier molecular flexibility index (Phi) is 34.5. The number of phosphoric acid groups is 2. The molecular formula is C44H82O17P2. The molecule has 17 nitrogen and oxygen atoms in total. The normalized spacial score (nSPS) is 20.8. The first kappa shape index (κ1) is 59.5. The summed E-state index contributed by atoms with van der Waals surface area (Å²) < 4.78 is 53.5. The molecule has 1 heterocycles. The summed E-state index contributed by atoms with van der Waals surface area (Å²) in [5, 5.41) is 40.7. The molecule has 8 atom stereocenters. The molecular weight excluding hydrogens is 862 g/mol. The van der Waals surface area contributed by atoms with Gasteiger partial charge < -0.3 is 49.3 Å². The molecule has 1 rings (SSSR count). The Balaban J connectivity index is 2.57. The SMILES string of the molecule is CCCCCCCCCCCCCCCCCC(=O)O[C@H](COC(=O)CCC/C=C\C[C@H]1[C@@H](O)CC(O)O[C@@H]1/C=C/[C@@H](O)CCCCC)COP(=O)(O)OC[C@@H](O)COP(=O)(O)O. The minimum atomic E-state index is -4.90. The number of ether oxygens (including phenoxy) is 3. The summed E-state index contributed by atoms with van der Waals surface area (Å²) in [6.07, 6.45) is 23.5. The highest BCUT2D eigenvalue weighted by Gasteiger charge is 2.35. The molecule has 0 aromatic heterocycles.